The molecule has 1 rings (SSSR count). The van der Waals surface area contributed by atoms with Gasteiger partial charge in [0.25, 0.3) is 0 Å². The van der Waals surface area contributed by atoms with Gasteiger partial charge in [-0.15, -0.1) is 0 Å². The second-order valence-electron chi connectivity index (χ2n) is 4.05. The molecule has 0 saturated carbocycles. The molecule has 0 bridgehead atoms. The van der Waals surface area contributed by atoms with Gasteiger partial charge in [0.05, 0.1) is 0 Å². The minimum Gasteiger partial charge on any atom is -0.346 e. The van der Waals surface area contributed by atoms with Gasteiger partial charge in [-0.1, -0.05) is 12.5 Å². The van der Waals surface area contributed by atoms with Crippen LogP contribution in [0.1, 0.15) is 53.4 Å². The summed E-state index contributed by atoms with van der Waals surface area (Å²) in [7, 11) is 0. The molecule has 0 heterocycles. The standard InChI is InChI=1S/C13H24O2/c1-5-12-9-8-10-13(11(12)4,14-6-2)15-7-3/h5-10H2,1-4H3. The predicted octanol–water partition coefficient (Wildman–Crippen LogP) is 3.67. The number of rotatable bonds is 5. The monoisotopic (exact) mass is 212 g/mol. The lowest BCUT2D eigenvalue weighted by Gasteiger charge is -2.39. The van der Waals surface area contributed by atoms with Crippen LogP contribution < -0.4 is 0 Å². The van der Waals surface area contributed by atoms with E-state index in [9.17, 15) is 0 Å². The molecule has 15 heavy (non-hydrogen) atoms. The van der Waals surface area contributed by atoms with Crippen molar-refractivity contribution in [3.05, 3.63) is 11.1 Å². The summed E-state index contributed by atoms with van der Waals surface area (Å²) in [6, 6.07) is 0. The Hall–Kier alpha value is -0.340. The Morgan fingerprint density at radius 2 is 1.73 bits per heavy atom. The fraction of sp³-hybridized carbons (Fsp3) is 0.846. The number of hydrogen-bond acceptors (Lipinski definition) is 2. The predicted molar refractivity (Wildman–Crippen MR) is 62.8 cm³/mol. The van der Waals surface area contributed by atoms with Gasteiger partial charge in [-0.25, -0.2) is 0 Å². The number of ether oxygens (including phenoxy) is 2. The van der Waals surface area contributed by atoms with Crippen LogP contribution >= 0.6 is 0 Å². The third-order valence-electron chi connectivity index (χ3n) is 3.27. The lowest BCUT2D eigenvalue weighted by Crippen LogP contribution is -2.40. The third kappa shape index (κ3) is 2.61. The summed E-state index contributed by atoms with van der Waals surface area (Å²) in [6.07, 6.45) is 4.52. The van der Waals surface area contributed by atoms with E-state index in [0.717, 1.165) is 12.8 Å². The van der Waals surface area contributed by atoms with E-state index >= 15 is 0 Å². The molecule has 0 aromatic carbocycles. The second kappa shape index (κ2) is 5.66. The van der Waals surface area contributed by atoms with E-state index < -0.39 is 5.79 Å². The molecular weight excluding hydrogens is 188 g/mol. The molecule has 0 aromatic heterocycles. The maximum atomic E-state index is 5.88. The smallest absolute Gasteiger partial charge is 0.190 e. The highest BCUT2D eigenvalue weighted by atomic mass is 16.7. The molecule has 0 unspecified atom stereocenters. The molecule has 0 radical (unpaired) electrons. The zero-order chi connectivity index (χ0) is 11.3. The molecule has 0 saturated heterocycles. The van der Waals surface area contributed by atoms with E-state index in [4.69, 9.17) is 9.47 Å². The SMILES string of the molecule is CCOC1(OCC)CCCC(CC)=C1C. The van der Waals surface area contributed by atoms with Crippen LogP contribution in [0.3, 0.4) is 0 Å². The summed E-state index contributed by atoms with van der Waals surface area (Å²) in [6.45, 7) is 9.89. The van der Waals surface area contributed by atoms with Gasteiger partial charge in [-0.2, -0.15) is 0 Å². The first-order chi connectivity index (χ1) is 7.20. The Morgan fingerprint density at radius 1 is 1.13 bits per heavy atom. The Morgan fingerprint density at radius 3 is 2.20 bits per heavy atom. The first-order valence-corrected chi connectivity index (χ1v) is 6.17. The van der Waals surface area contributed by atoms with Gasteiger partial charge >= 0.3 is 0 Å². The molecule has 1 aliphatic carbocycles. The summed E-state index contributed by atoms with van der Waals surface area (Å²) in [5.41, 5.74) is 2.84. The Labute approximate surface area is 93.7 Å². The van der Waals surface area contributed by atoms with Crippen molar-refractivity contribution in [3.8, 4) is 0 Å². The normalized spacial score (nSPS) is 20.8. The Kier molecular flexibility index (Phi) is 4.81. The van der Waals surface area contributed by atoms with Crippen molar-refractivity contribution in [3.63, 3.8) is 0 Å². The van der Waals surface area contributed by atoms with Crippen LogP contribution in [-0.4, -0.2) is 19.0 Å². The first-order valence-electron chi connectivity index (χ1n) is 6.17. The van der Waals surface area contributed by atoms with Gasteiger partial charge in [0.1, 0.15) is 0 Å². The van der Waals surface area contributed by atoms with Crippen molar-refractivity contribution in [2.45, 2.75) is 59.2 Å². The van der Waals surface area contributed by atoms with Gasteiger partial charge in [-0.3, -0.25) is 0 Å². The van der Waals surface area contributed by atoms with Crippen LogP contribution in [-0.2, 0) is 9.47 Å². The van der Waals surface area contributed by atoms with Crippen LogP contribution in [0.15, 0.2) is 11.1 Å². The van der Waals surface area contributed by atoms with Crippen molar-refractivity contribution < 1.29 is 9.47 Å². The molecule has 2 nitrogen and oxygen atoms in total. The zero-order valence-corrected chi connectivity index (χ0v) is 10.6. The highest BCUT2D eigenvalue weighted by Gasteiger charge is 2.37. The average molecular weight is 212 g/mol. The Balaban J connectivity index is 2.94. The molecule has 0 aliphatic heterocycles. The van der Waals surface area contributed by atoms with Crippen molar-refractivity contribution in [1.29, 1.82) is 0 Å². The van der Waals surface area contributed by atoms with Crippen LogP contribution in [0, 0.1) is 0 Å². The molecule has 0 fully saturated rings. The van der Waals surface area contributed by atoms with Crippen molar-refractivity contribution >= 4 is 0 Å². The fourth-order valence-electron chi connectivity index (χ4n) is 2.49. The van der Waals surface area contributed by atoms with Crippen LogP contribution in [0.25, 0.3) is 0 Å². The minimum atomic E-state index is -0.410. The minimum absolute atomic E-state index is 0.410. The average Bonchev–Trinajstić information content (AvgIpc) is 2.23. The van der Waals surface area contributed by atoms with Crippen LogP contribution in [0.5, 0.6) is 0 Å². The van der Waals surface area contributed by atoms with Gasteiger partial charge in [0.15, 0.2) is 5.79 Å². The second-order valence-corrected chi connectivity index (χ2v) is 4.05. The van der Waals surface area contributed by atoms with Crippen molar-refractivity contribution in [1.82, 2.24) is 0 Å². The van der Waals surface area contributed by atoms with Crippen LogP contribution in [0.4, 0.5) is 0 Å². The maximum Gasteiger partial charge on any atom is 0.190 e. The van der Waals surface area contributed by atoms with E-state index in [1.165, 1.54) is 24.0 Å². The highest BCUT2D eigenvalue weighted by Crippen LogP contribution is 2.38. The third-order valence-corrected chi connectivity index (χ3v) is 3.27. The van der Waals surface area contributed by atoms with Gasteiger partial charge in [0.2, 0.25) is 0 Å². The molecule has 88 valence electrons. The van der Waals surface area contributed by atoms with Crippen molar-refractivity contribution in [2.75, 3.05) is 13.2 Å². The maximum absolute atomic E-state index is 5.88. The molecule has 0 spiro atoms. The highest BCUT2D eigenvalue weighted by molar-refractivity contribution is 5.22. The van der Waals surface area contributed by atoms with E-state index in [2.05, 4.69) is 13.8 Å². The van der Waals surface area contributed by atoms with E-state index in [1.807, 2.05) is 13.8 Å². The molecular formula is C13H24O2. The number of hydrogen-bond donors (Lipinski definition) is 0. The van der Waals surface area contributed by atoms with Gasteiger partial charge < -0.3 is 9.47 Å². The van der Waals surface area contributed by atoms with Gasteiger partial charge in [-0.05, 0) is 45.6 Å². The molecule has 0 atom stereocenters. The summed E-state index contributed by atoms with van der Waals surface area (Å²) < 4.78 is 11.8. The summed E-state index contributed by atoms with van der Waals surface area (Å²) in [5, 5.41) is 0. The Bertz CT molecular complexity index is 225. The fourth-order valence-corrected chi connectivity index (χ4v) is 2.49. The molecule has 2 heteroatoms. The first kappa shape index (κ1) is 12.7. The lowest BCUT2D eigenvalue weighted by atomic mass is 9.86. The largest absolute Gasteiger partial charge is 0.346 e. The van der Waals surface area contributed by atoms with Crippen molar-refractivity contribution in [2.24, 2.45) is 0 Å². The lowest BCUT2D eigenvalue weighted by molar-refractivity contribution is -0.214. The topological polar surface area (TPSA) is 18.5 Å². The van der Waals surface area contributed by atoms with E-state index in [1.54, 1.807) is 0 Å². The molecule has 0 aromatic rings. The zero-order valence-electron chi connectivity index (χ0n) is 10.6. The summed E-state index contributed by atoms with van der Waals surface area (Å²) >= 11 is 0. The van der Waals surface area contributed by atoms with Crippen LogP contribution in [0.2, 0.25) is 0 Å². The molecule has 0 amide bonds. The summed E-state index contributed by atoms with van der Waals surface area (Å²) in [5.74, 6) is -0.410. The van der Waals surface area contributed by atoms with E-state index in [-0.39, 0.29) is 0 Å². The molecule has 0 N–H and O–H groups in total. The van der Waals surface area contributed by atoms with E-state index in [0.29, 0.717) is 13.2 Å². The number of allylic oxidation sites excluding steroid dienone is 1. The summed E-state index contributed by atoms with van der Waals surface area (Å²) in [4.78, 5) is 0. The molecule has 1 aliphatic rings. The quantitative estimate of drug-likeness (QED) is 0.511. The van der Waals surface area contributed by atoms with Gasteiger partial charge in [0, 0.05) is 19.6 Å².